The minimum absolute atomic E-state index is 0.0555. The van der Waals surface area contributed by atoms with Gasteiger partial charge in [-0.25, -0.2) is 4.98 Å². The lowest BCUT2D eigenvalue weighted by molar-refractivity contribution is -0.122. The highest BCUT2D eigenvalue weighted by Gasteiger charge is 2.22. The first-order valence-electron chi connectivity index (χ1n) is 8.65. The topological polar surface area (TPSA) is 51.2 Å². The Hall–Kier alpha value is -2.40. The van der Waals surface area contributed by atoms with Crippen LogP contribution in [0.15, 0.2) is 48.5 Å². The summed E-state index contributed by atoms with van der Waals surface area (Å²) < 4.78 is 6.85. The Bertz CT molecular complexity index is 857. The Morgan fingerprint density at radius 2 is 2.04 bits per heavy atom. The maximum Gasteiger partial charge on any atom is 0.220 e. The molecule has 1 aliphatic rings. The Morgan fingerprint density at radius 3 is 2.96 bits per heavy atom. The maximum absolute atomic E-state index is 12.3. The van der Waals surface area contributed by atoms with E-state index in [-0.39, 0.29) is 11.9 Å². The van der Waals surface area contributed by atoms with Crippen LogP contribution in [0.25, 0.3) is 10.2 Å². The van der Waals surface area contributed by atoms with Crippen molar-refractivity contribution >= 4 is 27.5 Å². The van der Waals surface area contributed by atoms with Crippen LogP contribution in [0.4, 0.5) is 0 Å². The lowest BCUT2D eigenvalue weighted by Gasteiger charge is -2.26. The van der Waals surface area contributed by atoms with Crippen molar-refractivity contribution in [2.24, 2.45) is 0 Å². The predicted molar refractivity (Wildman–Crippen MR) is 100.0 cm³/mol. The number of carbonyl (C=O) groups excluding carboxylic acids is 1. The van der Waals surface area contributed by atoms with Crippen LogP contribution in [0.1, 0.15) is 35.9 Å². The van der Waals surface area contributed by atoms with E-state index in [0.717, 1.165) is 41.1 Å². The molecule has 1 unspecified atom stereocenters. The van der Waals surface area contributed by atoms with E-state index in [2.05, 4.69) is 16.4 Å². The Morgan fingerprint density at radius 1 is 1.20 bits per heavy atom. The highest BCUT2D eigenvalue weighted by atomic mass is 32.1. The molecule has 128 valence electrons. The number of carbonyl (C=O) groups is 1. The first-order valence-corrected chi connectivity index (χ1v) is 9.47. The fourth-order valence-electron chi connectivity index (χ4n) is 3.19. The van der Waals surface area contributed by atoms with Crippen LogP contribution in [-0.2, 0) is 11.2 Å². The van der Waals surface area contributed by atoms with E-state index in [1.54, 1.807) is 11.3 Å². The second-order valence-electron chi connectivity index (χ2n) is 6.22. The third kappa shape index (κ3) is 3.66. The fourth-order valence-corrected chi connectivity index (χ4v) is 4.19. The summed E-state index contributed by atoms with van der Waals surface area (Å²) in [5, 5.41) is 4.25. The van der Waals surface area contributed by atoms with Gasteiger partial charge in [-0.2, -0.15) is 0 Å². The summed E-state index contributed by atoms with van der Waals surface area (Å²) in [6.07, 6.45) is 3.00. The van der Waals surface area contributed by atoms with Gasteiger partial charge in [-0.3, -0.25) is 4.79 Å². The van der Waals surface area contributed by atoms with Gasteiger partial charge in [-0.1, -0.05) is 30.3 Å². The number of nitrogens with zero attached hydrogens (tertiary/aromatic N) is 1. The van der Waals surface area contributed by atoms with Crippen LogP contribution in [0.2, 0.25) is 0 Å². The van der Waals surface area contributed by atoms with Crippen molar-refractivity contribution in [2.75, 3.05) is 6.61 Å². The van der Waals surface area contributed by atoms with Gasteiger partial charge in [-0.05, 0) is 31.0 Å². The Balaban J connectivity index is 1.31. The number of hydrogen-bond donors (Lipinski definition) is 1. The summed E-state index contributed by atoms with van der Waals surface area (Å²) >= 11 is 1.72. The van der Waals surface area contributed by atoms with Gasteiger partial charge >= 0.3 is 0 Å². The molecular formula is C20H20N2O2S. The molecule has 4 rings (SSSR count). The molecule has 0 spiro atoms. The monoisotopic (exact) mass is 352 g/mol. The molecule has 25 heavy (non-hydrogen) atoms. The number of thiazole rings is 1. The molecule has 0 radical (unpaired) electrons. The molecule has 0 fully saturated rings. The van der Waals surface area contributed by atoms with E-state index in [0.29, 0.717) is 13.0 Å². The number of aromatic nitrogens is 1. The second kappa shape index (κ2) is 7.23. The van der Waals surface area contributed by atoms with Gasteiger partial charge < -0.3 is 10.1 Å². The summed E-state index contributed by atoms with van der Waals surface area (Å²) in [5.74, 6) is 0.983. The van der Waals surface area contributed by atoms with Gasteiger partial charge in [0.05, 0.1) is 27.9 Å². The maximum atomic E-state index is 12.3. The summed E-state index contributed by atoms with van der Waals surface area (Å²) in [5.41, 5.74) is 2.12. The van der Waals surface area contributed by atoms with E-state index >= 15 is 0 Å². The number of benzene rings is 2. The number of para-hydroxylation sites is 2. The zero-order valence-electron chi connectivity index (χ0n) is 13.9. The summed E-state index contributed by atoms with van der Waals surface area (Å²) in [6, 6.07) is 16.1. The third-order valence-corrected chi connectivity index (χ3v) is 5.52. The molecule has 5 heteroatoms. The quantitative estimate of drug-likeness (QED) is 0.746. The largest absolute Gasteiger partial charge is 0.493 e. The van der Waals surface area contributed by atoms with Crippen LogP contribution in [0, 0.1) is 0 Å². The first kappa shape index (κ1) is 16.1. The van der Waals surface area contributed by atoms with Crippen LogP contribution in [0.5, 0.6) is 5.75 Å². The number of rotatable bonds is 5. The normalized spacial score (nSPS) is 16.2. The smallest absolute Gasteiger partial charge is 0.220 e. The van der Waals surface area contributed by atoms with Gasteiger partial charge in [0.25, 0.3) is 0 Å². The molecule has 3 aromatic rings. The number of nitrogens with one attached hydrogen (secondary N) is 1. The number of amides is 1. The Labute approximate surface area is 150 Å². The van der Waals surface area contributed by atoms with E-state index in [4.69, 9.17) is 4.74 Å². The lowest BCUT2D eigenvalue weighted by Crippen LogP contribution is -2.32. The molecule has 0 bridgehead atoms. The minimum atomic E-state index is 0.0555. The van der Waals surface area contributed by atoms with Gasteiger partial charge in [-0.15, -0.1) is 11.3 Å². The van der Waals surface area contributed by atoms with Crippen molar-refractivity contribution in [3.63, 3.8) is 0 Å². The van der Waals surface area contributed by atoms with Gasteiger partial charge in [0.2, 0.25) is 5.91 Å². The highest BCUT2D eigenvalue weighted by molar-refractivity contribution is 7.18. The van der Waals surface area contributed by atoms with Crippen molar-refractivity contribution < 1.29 is 9.53 Å². The standard InChI is InChI=1S/C20H20N2O2S/c23-19(21-15-12-13-24-17-8-3-1-6-14(15)17)10-5-11-20-22-16-7-2-4-9-18(16)25-20/h1-4,6-9,15H,5,10-13H2,(H,21,23). The lowest BCUT2D eigenvalue weighted by atomic mass is 10.0. The summed E-state index contributed by atoms with van der Waals surface area (Å²) in [6.45, 7) is 0.646. The van der Waals surface area contributed by atoms with Crippen LogP contribution in [-0.4, -0.2) is 17.5 Å². The van der Waals surface area contributed by atoms with Crippen molar-refractivity contribution in [3.8, 4) is 5.75 Å². The number of ether oxygens (including phenoxy) is 1. The average Bonchev–Trinajstić information content (AvgIpc) is 3.05. The molecule has 4 nitrogen and oxygen atoms in total. The molecule has 0 aliphatic carbocycles. The zero-order valence-corrected chi connectivity index (χ0v) is 14.7. The van der Waals surface area contributed by atoms with E-state index in [1.807, 2.05) is 42.5 Å². The molecule has 1 aliphatic heterocycles. The molecule has 2 heterocycles. The van der Waals surface area contributed by atoms with Crippen LogP contribution >= 0.6 is 11.3 Å². The molecular weight excluding hydrogens is 332 g/mol. The van der Waals surface area contributed by atoms with Gasteiger partial charge in [0.15, 0.2) is 0 Å². The summed E-state index contributed by atoms with van der Waals surface area (Å²) in [4.78, 5) is 16.9. The fraction of sp³-hybridized carbons (Fsp3) is 0.300. The van der Waals surface area contributed by atoms with Gasteiger partial charge in [0, 0.05) is 18.4 Å². The average molecular weight is 352 g/mol. The SMILES string of the molecule is O=C(CCCc1nc2ccccc2s1)NC1CCOc2ccccc21. The zero-order chi connectivity index (χ0) is 17.1. The van der Waals surface area contributed by atoms with Crippen molar-refractivity contribution in [3.05, 3.63) is 59.1 Å². The van der Waals surface area contributed by atoms with Crippen LogP contribution in [0.3, 0.4) is 0 Å². The molecule has 1 N–H and O–H groups in total. The van der Waals surface area contributed by atoms with Crippen molar-refractivity contribution in [1.29, 1.82) is 0 Å². The van der Waals surface area contributed by atoms with Crippen molar-refractivity contribution in [1.82, 2.24) is 10.3 Å². The predicted octanol–water partition coefficient (Wildman–Crippen LogP) is 4.26. The summed E-state index contributed by atoms with van der Waals surface area (Å²) in [7, 11) is 0. The third-order valence-electron chi connectivity index (χ3n) is 4.43. The second-order valence-corrected chi connectivity index (χ2v) is 7.34. The van der Waals surface area contributed by atoms with Gasteiger partial charge in [0.1, 0.15) is 5.75 Å². The molecule has 0 saturated carbocycles. The van der Waals surface area contributed by atoms with Crippen LogP contribution < -0.4 is 10.1 Å². The van der Waals surface area contributed by atoms with E-state index < -0.39 is 0 Å². The molecule has 1 atom stereocenters. The highest BCUT2D eigenvalue weighted by Crippen LogP contribution is 2.31. The number of hydrogen-bond acceptors (Lipinski definition) is 4. The van der Waals surface area contributed by atoms with E-state index in [9.17, 15) is 4.79 Å². The molecule has 1 amide bonds. The minimum Gasteiger partial charge on any atom is -0.493 e. The number of aryl methyl sites for hydroxylation is 1. The molecule has 0 saturated heterocycles. The first-order chi connectivity index (χ1) is 12.3. The van der Waals surface area contributed by atoms with Crippen molar-refractivity contribution in [2.45, 2.75) is 31.7 Å². The Kier molecular flexibility index (Phi) is 4.65. The number of fused-ring (bicyclic) bond motifs is 2. The molecule has 2 aromatic carbocycles. The van der Waals surface area contributed by atoms with E-state index in [1.165, 1.54) is 4.70 Å². The molecule has 1 aromatic heterocycles.